The van der Waals surface area contributed by atoms with Gasteiger partial charge in [0.15, 0.2) is 5.83 Å². The molecule has 4 N–H and O–H groups in total. The molecule has 2 amide bonds. The molecule has 11 nitrogen and oxygen atoms in total. The van der Waals surface area contributed by atoms with E-state index in [4.69, 9.17) is 14.9 Å². The van der Waals surface area contributed by atoms with E-state index in [1.165, 1.54) is 11.0 Å². The fraction of sp³-hybridized carbons (Fsp3) is 0.318. The minimum atomic E-state index is -2.58. The predicted octanol–water partition coefficient (Wildman–Crippen LogP) is 2.39. The Hall–Kier alpha value is -4.36. The van der Waals surface area contributed by atoms with Crippen LogP contribution in [0.25, 0.3) is 0 Å². The second-order valence-corrected chi connectivity index (χ2v) is 6.93. The Morgan fingerprint density at radius 1 is 1.14 bits per heavy atom. The van der Waals surface area contributed by atoms with Crippen LogP contribution in [0, 0.1) is 0 Å². The largest absolute Gasteiger partial charge is 0.490 e. The van der Waals surface area contributed by atoms with Gasteiger partial charge in [0.2, 0.25) is 5.91 Å². The number of hydrogen-bond donors (Lipinski definition) is 4. The lowest BCUT2D eigenvalue weighted by molar-refractivity contribution is -0.137. The highest BCUT2D eigenvalue weighted by atomic mass is 19.3. The number of carbonyl (C=O) groups is 3. The van der Waals surface area contributed by atoms with E-state index < -0.39 is 42.8 Å². The van der Waals surface area contributed by atoms with Crippen molar-refractivity contribution in [2.45, 2.75) is 19.8 Å². The average Bonchev–Trinajstić information content (AvgIpc) is 2.83. The van der Waals surface area contributed by atoms with Crippen LogP contribution >= 0.6 is 0 Å². The number of aromatic amines is 1. The number of halogens is 3. The number of carbonyl (C=O) groups excluding carboxylic acids is 1. The lowest BCUT2D eigenvalue weighted by Gasteiger charge is -2.17. The number of amides is 2. The summed E-state index contributed by atoms with van der Waals surface area (Å²) >= 11 is 0. The van der Waals surface area contributed by atoms with E-state index in [1.807, 2.05) is 30.3 Å². The Balaban J connectivity index is 0.000000426. The summed E-state index contributed by atoms with van der Waals surface area (Å²) in [6.07, 6.45) is -4.20. The standard InChI is InChI=1S/C16H19N3O4.C6H6F3NO3/c1-2-19(16(21)22)8-9-23-14-11-15(20)18-17-13(14)10-12-6-4-3-5-7-12;7-3(6(8)9)1-4(11)10-2-5(12)13/h3-7,11H,2,8-10H2,1H3,(H,18,20)(H,21,22);1-2H2,(H,10,11)(H,12,13). The van der Waals surface area contributed by atoms with Crippen molar-refractivity contribution in [1.29, 1.82) is 0 Å². The van der Waals surface area contributed by atoms with E-state index in [2.05, 4.69) is 10.2 Å². The zero-order valence-electron chi connectivity index (χ0n) is 19.2. The average molecular weight is 514 g/mol. The van der Waals surface area contributed by atoms with E-state index in [1.54, 1.807) is 12.2 Å². The molecule has 1 aromatic carbocycles. The van der Waals surface area contributed by atoms with Gasteiger partial charge in [0.1, 0.15) is 24.6 Å². The lowest BCUT2D eigenvalue weighted by atomic mass is 10.1. The van der Waals surface area contributed by atoms with Gasteiger partial charge in [-0.1, -0.05) is 30.3 Å². The summed E-state index contributed by atoms with van der Waals surface area (Å²) in [6, 6.07) is 11.0. The predicted molar refractivity (Wildman–Crippen MR) is 120 cm³/mol. The maximum atomic E-state index is 12.0. The molecule has 36 heavy (non-hydrogen) atoms. The summed E-state index contributed by atoms with van der Waals surface area (Å²) in [5.41, 5.74) is 1.29. The number of H-pyrrole nitrogens is 1. The smallest absolute Gasteiger partial charge is 0.407 e. The van der Waals surface area contributed by atoms with E-state index in [-0.39, 0.29) is 18.7 Å². The van der Waals surface area contributed by atoms with Crippen LogP contribution < -0.4 is 15.6 Å². The first-order valence-electron chi connectivity index (χ1n) is 10.4. The number of rotatable bonds is 11. The van der Waals surface area contributed by atoms with Crippen LogP contribution in [0.5, 0.6) is 5.75 Å². The summed E-state index contributed by atoms with van der Waals surface area (Å²) in [6.45, 7) is 1.80. The van der Waals surface area contributed by atoms with Crippen LogP contribution in [-0.4, -0.2) is 69.5 Å². The van der Waals surface area contributed by atoms with Gasteiger partial charge in [-0.3, -0.25) is 14.4 Å². The highest BCUT2D eigenvalue weighted by molar-refractivity contribution is 5.82. The third kappa shape index (κ3) is 11.7. The number of nitrogens with zero attached hydrogens (tertiary/aromatic N) is 2. The number of ether oxygens (including phenoxy) is 1. The van der Waals surface area contributed by atoms with Gasteiger partial charge >= 0.3 is 18.1 Å². The van der Waals surface area contributed by atoms with Crippen LogP contribution in [0.1, 0.15) is 24.6 Å². The fourth-order valence-corrected chi connectivity index (χ4v) is 2.55. The SMILES string of the molecule is CCN(CCOc1cc(=O)[nH]nc1Cc1ccccc1)C(=O)O.O=C(O)CNC(=O)CC(F)=C(F)F. The number of carboxylic acid groups (broad SMARTS) is 2. The number of likely N-dealkylation sites (N-methyl/N-ethyl adjacent to an activating group) is 1. The molecular weight excluding hydrogens is 489 g/mol. The van der Waals surface area contributed by atoms with Crippen LogP contribution in [0.3, 0.4) is 0 Å². The first-order valence-corrected chi connectivity index (χ1v) is 10.4. The maximum absolute atomic E-state index is 12.0. The molecule has 1 heterocycles. The molecule has 196 valence electrons. The van der Waals surface area contributed by atoms with Crippen LogP contribution in [-0.2, 0) is 16.0 Å². The highest BCUT2D eigenvalue weighted by Crippen LogP contribution is 2.17. The van der Waals surface area contributed by atoms with Crippen molar-refractivity contribution in [3.63, 3.8) is 0 Å². The van der Waals surface area contributed by atoms with Crippen molar-refractivity contribution in [2.75, 3.05) is 26.2 Å². The van der Waals surface area contributed by atoms with Crippen molar-refractivity contribution in [2.24, 2.45) is 0 Å². The number of hydrogen-bond acceptors (Lipinski definition) is 6. The van der Waals surface area contributed by atoms with E-state index in [0.29, 0.717) is 24.4 Å². The van der Waals surface area contributed by atoms with Crippen molar-refractivity contribution >= 4 is 18.0 Å². The van der Waals surface area contributed by atoms with Gasteiger partial charge in [-0.2, -0.15) is 13.9 Å². The molecule has 0 aliphatic rings. The van der Waals surface area contributed by atoms with Crippen molar-refractivity contribution in [3.05, 3.63) is 69.9 Å². The summed E-state index contributed by atoms with van der Waals surface area (Å²) < 4.78 is 40.4. The summed E-state index contributed by atoms with van der Waals surface area (Å²) in [7, 11) is 0. The molecular formula is C22H25F3N4O7. The molecule has 0 bridgehead atoms. The fourth-order valence-electron chi connectivity index (χ4n) is 2.55. The Morgan fingerprint density at radius 2 is 1.81 bits per heavy atom. The van der Waals surface area contributed by atoms with Gasteiger partial charge < -0.3 is 25.2 Å². The van der Waals surface area contributed by atoms with Crippen LogP contribution in [0.2, 0.25) is 0 Å². The second kappa shape index (κ2) is 15.5. The monoisotopic (exact) mass is 514 g/mol. The Labute approximate surface area is 203 Å². The molecule has 0 fully saturated rings. The van der Waals surface area contributed by atoms with E-state index in [0.717, 1.165) is 5.56 Å². The summed E-state index contributed by atoms with van der Waals surface area (Å²) in [5.74, 6) is -3.92. The van der Waals surface area contributed by atoms with Gasteiger partial charge in [-0.25, -0.2) is 14.3 Å². The Bertz CT molecular complexity index is 1110. The van der Waals surface area contributed by atoms with Gasteiger partial charge in [0.05, 0.1) is 13.0 Å². The van der Waals surface area contributed by atoms with Gasteiger partial charge in [-0.05, 0) is 12.5 Å². The first-order chi connectivity index (χ1) is 17.0. The Morgan fingerprint density at radius 3 is 2.36 bits per heavy atom. The number of aromatic nitrogens is 2. The molecule has 0 aliphatic heterocycles. The zero-order valence-corrected chi connectivity index (χ0v) is 19.2. The highest BCUT2D eigenvalue weighted by Gasteiger charge is 2.12. The van der Waals surface area contributed by atoms with Gasteiger partial charge in [-0.15, -0.1) is 0 Å². The van der Waals surface area contributed by atoms with E-state index >= 15 is 0 Å². The maximum Gasteiger partial charge on any atom is 0.407 e. The zero-order chi connectivity index (χ0) is 27.1. The van der Waals surface area contributed by atoms with Gasteiger partial charge in [0.25, 0.3) is 5.56 Å². The number of carboxylic acids is 1. The lowest BCUT2D eigenvalue weighted by Crippen LogP contribution is -2.33. The third-order valence-corrected chi connectivity index (χ3v) is 4.29. The molecule has 1 aromatic heterocycles. The minimum absolute atomic E-state index is 0.160. The van der Waals surface area contributed by atoms with Crippen LogP contribution in [0.15, 0.2) is 53.1 Å². The van der Waals surface area contributed by atoms with Crippen LogP contribution in [0.4, 0.5) is 18.0 Å². The second-order valence-electron chi connectivity index (χ2n) is 6.93. The van der Waals surface area contributed by atoms with Gasteiger partial charge in [0, 0.05) is 19.0 Å². The molecule has 0 unspecified atom stereocenters. The molecule has 0 spiro atoms. The molecule has 0 saturated carbocycles. The number of aliphatic carboxylic acids is 1. The molecule has 0 aliphatic carbocycles. The number of nitrogens with one attached hydrogen (secondary N) is 2. The van der Waals surface area contributed by atoms with Crippen molar-refractivity contribution in [1.82, 2.24) is 20.4 Å². The Kier molecular flexibility index (Phi) is 12.8. The third-order valence-electron chi connectivity index (χ3n) is 4.29. The molecule has 14 heteroatoms. The molecule has 2 rings (SSSR count). The molecule has 0 atom stereocenters. The molecule has 2 aromatic rings. The minimum Gasteiger partial charge on any atom is -0.490 e. The summed E-state index contributed by atoms with van der Waals surface area (Å²) in [5, 5.41) is 25.2. The number of benzene rings is 1. The topological polar surface area (TPSA) is 162 Å². The van der Waals surface area contributed by atoms with E-state index in [9.17, 15) is 32.3 Å². The molecule has 0 radical (unpaired) electrons. The van der Waals surface area contributed by atoms with Crippen molar-refractivity contribution < 1.29 is 42.5 Å². The van der Waals surface area contributed by atoms with Crippen molar-refractivity contribution in [3.8, 4) is 5.75 Å². The molecule has 0 saturated heterocycles. The normalized spacial score (nSPS) is 9.89. The quantitative estimate of drug-likeness (QED) is 0.355. The first kappa shape index (κ1) is 29.7. The summed E-state index contributed by atoms with van der Waals surface area (Å²) in [4.78, 5) is 44.0.